The van der Waals surface area contributed by atoms with E-state index >= 15 is 0 Å². The highest BCUT2D eigenvalue weighted by atomic mass is 32.2. The second kappa shape index (κ2) is 10.9. The van der Waals surface area contributed by atoms with Gasteiger partial charge in [0.2, 0.25) is 15.0 Å². The van der Waals surface area contributed by atoms with Crippen LogP contribution in [0.15, 0.2) is 59.3 Å². The normalized spacial score (nSPS) is 11.6. The van der Waals surface area contributed by atoms with E-state index in [2.05, 4.69) is 14.7 Å². The van der Waals surface area contributed by atoms with Gasteiger partial charge in [-0.3, -0.25) is 10.1 Å². The average molecular weight is 513 g/mol. The molecule has 35 heavy (non-hydrogen) atoms. The second-order valence-electron chi connectivity index (χ2n) is 7.27. The molecule has 3 aromatic rings. The number of aromatic nitrogens is 2. The van der Waals surface area contributed by atoms with Gasteiger partial charge < -0.3 is 9.47 Å². The van der Waals surface area contributed by atoms with Gasteiger partial charge in [0.1, 0.15) is 11.6 Å². The fourth-order valence-corrected chi connectivity index (χ4v) is 4.35. The van der Waals surface area contributed by atoms with Gasteiger partial charge in [-0.1, -0.05) is 24.3 Å². The number of hydrogen-bond acceptors (Lipinski definition) is 10. The van der Waals surface area contributed by atoms with Crippen LogP contribution in [0.3, 0.4) is 0 Å². The molecule has 0 unspecified atom stereocenters. The minimum absolute atomic E-state index is 0.0591. The Labute approximate surface area is 205 Å². The van der Waals surface area contributed by atoms with Crippen molar-refractivity contribution in [2.75, 3.05) is 12.4 Å². The minimum atomic E-state index is -3.70. The Morgan fingerprint density at radius 1 is 1.14 bits per heavy atom. The van der Waals surface area contributed by atoms with Gasteiger partial charge in [-0.15, -0.1) is 0 Å². The summed E-state index contributed by atoms with van der Waals surface area (Å²) in [4.78, 5) is 28.7. The molecule has 0 saturated carbocycles. The van der Waals surface area contributed by atoms with Crippen LogP contribution in [0, 0.1) is 11.3 Å². The molecule has 0 aliphatic heterocycles. The van der Waals surface area contributed by atoms with E-state index in [-0.39, 0.29) is 27.4 Å². The van der Waals surface area contributed by atoms with Gasteiger partial charge in [0, 0.05) is 11.5 Å². The Kier molecular flexibility index (Phi) is 7.95. The number of nitrogens with one attached hydrogen (secondary N) is 1. The van der Waals surface area contributed by atoms with Crippen molar-refractivity contribution in [3.8, 4) is 17.6 Å². The van der Waals surface area contributed by atoms with E-state index in [4.69, 9.17) is 9.47 Å². The van der Waals surface area contributed by atoms with Crippen molar-refractivity contribution in [3.05, 3.63) is 65.2 Å². The highest BCUT2D eigenvalue weighted by molar-refractivity contribution is 7.91. The third kappa shape index (κ3) is 6.08. The number of hydrogen-bond donors (Lipinski definition) is 1. The topological polar surface area (TPSA) is 148 Å². The first-order valence-corrected chi connectivity index (χ1v) is 12.4. The smallest absolute Gasteiger partial charge is 0.343 e. The van der Waals surface area contributed by atoms with E-state index in [1.54, 1.807) is 42.5 Å². The quantitative estimate of drug-likeness (QED) is 0.207. The van der Waals surface area contributed by atoms with Crippen molar-refractivity contribution in [2.45, 2.75) is 24.3 Å². The zero-order valence-electron chi connectivity index (χ0n) is 18.9. The number of carbonyl (C=O) groups excluding carboxylic acids is 2. The lowest BCUT2D eigenvalue weighted by Gasteiger charge is -2.10. The zero-order chi connectivity index (χ0) is 25.6. The number of carbonyl (C=O) groups is 2. The number of anilines is 1. The summed E-state index contributed by atoms with van der Waals surface area (Å²) < 4.78 is 38.8. The largest absolute Gasteiger partial charge is 0.493 e. The molecule has 180 valence electrons. The molecule has 0 fully saturated rings. The van der Waals surface area contributed by atoms with Crippen LogP contribution in [0.25, 0.3) is 6.08 Å². The maximum Gasteiger partial charge on any atom is 0.343 e. The third-order valence-electron chi connectivity index (χ3n) is 4.58. The zero-order valence-corrected chi connectivity index (χ0v) is 20.5. The molecular weight excluding hydrogens is 492 g/mol. The number of benzene rings is 2. The van der Waals surface area contributed by atoms with Crippen LogP contribution in [0.1, 0.15) is 29.8 Å². The van der Waals surface area contributed by atoms with Gasteiger partial charge in [0.25, 0.3) is 11.1 Å². The SMILES string of the molecule is COc1cc(/C=C(/C#N)C(=O)Nc2nc(S(=O)(=O)C(C)C)ns2)ccc1OC(=O)c1ccccc1. The van der Waals surface area contributed by atoms with Crippen LogP contribution in [0.4, 0.5) is 5.13 Å². The van der Waals surface area contributed by atoms with Crippen LogP contribution in [-0.2, 0) is 14.6 Å². The van der Waals surface area contributed by atoms with Crippen molar-refractivity contribution < 1.29 is 27.5 Å². The van der Waals surface area contributed by atoms with Crippen molar-refractivity contribution in [3.63, 3.8) is 0 Å². The molecule has 0 aliphatic carbocycles. The summed E-state index contributed by atoms with van der Waals surface area (Å²) in [7, 11) is -2.31. The number of amides is 1. The average Bonchev–Trinajstić information content (AvgIpc) is 3.32. The van der Waals surface area contributed by atoms with Crippen LogP contribution in [0.2, 0.25) is 0 Å². The molecule has 12 heteroatoms. The van der Waals surface area contributed by atoms with E-state index in [0.29, 0.717) is 22.7 Å². The molecule has 0 bridgehead atoms. The van der Waals surface area contributed by atoms with E-state index in [0.717, 1.165) is 0 Å². The summed E-state index contributed by atoms with van der Waals surface area (Å²) in [5, 5.41) is 10.7. The van der Waals surface area contributed by atoms with Gasteiger partial charge in [-0.05, 0) is 49.8 Å². The summed E-state index contributed by atoms with van der Waals surface area (Å²) in [6, 6.07) is 14.7. The fourth-order valence-electron chi connectivity index (χ4n) is 2.66. The van der Waals surface area contributed by atoms with Crippen LogP contribution in [-0.4, -0.2) is 42.0 Å². The van der Waals surface area contributed by atoms with Crippen molar-refractivity contribution in [1.29, 1.82) is 5.26 Å². The summed E-state index contributed by atoms with van der Waals surface area (Å²) in [5.74, 6) is -0.988. The van der Waals surface area contributed by atoms with Crippen LogP contribution >= 0.6 is 11.5 Å². The number of methoxy groups -OCH3 is 1. The lowest BCUT2D eigenvalue weighted by Crippen LogP contribution is -2.16. The first-order valence-electron chi connectivity index (χ1n) is 10.1. The first kappa shape index (κ1) is 25.5. The Morgan fingerprint density at radius 3 is 2.49 bits per heavy atom. The third-order valence-corrected chi connectivity index (χ3v) is 7.26. The second-order valence-corrected chi connectivity index (χ2v) is 10.4. The molecule has 0 aliphatic rings. The molecule has 0 radical (unpaired) electrons. The molecule has 0 spiro atoms. The molecule has 3 rings (SSSR count). The number of esters is 1. The van der Waals surface area contributed by atoms with E-state index in [1.165, 1.54) is 39.2 Å². The van der Waals surface area contributed by atoms with Gasteiger partial charge in [-0.25, -0.2) is 13.2 Å². The van der Waals surface area contributed by atoms with E-state index < -0.39 is 27.0 Å². The molecule has 1 amide bonds. The molecular formula is C23H20N4O6S2. The van der Waals surface area contributed by atoms with Gasteiger partial charge >= 0.3 is 5.97 Å². The first-order chi connectivity index (χ1) is 16.6. The van der Waals surface area contributed by atoms with Crippen LogP contribution in [0.5, 0.6) is 11.5 Å². The molecule has 0 saturated heterocycles. The highest BCUT2D eigenvalue weighted by Gasteiger charge is 2.25. The van der Waals surface area contributed by atoms with Crippen molar-refractivity contribution >= 4 is 44.5 Å². The summed E-state index contributed by atoms with van der Waals surface area (Å²) in [6.45, 7) is 2.99. The standard InChI is InChI=1S/C23H20N4O6S2/c1-14(2)35(30,31)23-26-22(34-27-23)25-20(28)17(13-24)11-15-9-10-18(19(12-15)32-3)33-21(29)16-7-5-4-6-8-16/h4-12,14H,1-3H3,(H,25,26,27,28)/b17-11-. The molecule has 2 aromatic carbocycles. The Bertz CT molecular complexity index is 1420. The van der Waals surface area contributed by atoms with Gasteiger partial charge in [0.15, 0.2) is 11.5 Å². The number of ether oxygens (including phenoxy) is 2. The number of nitriles is 1. The minimum Gasteiger partial charge on any atom is -0.493 e. The van der Waals surface area contributed by atoms with Crippen LogP contribution < -0.4 is 14.8 Å². The van der Waals surface area contributed by atoms with Gasteiger partial charge in [-0.2, -0.15) is 14.6 Å². The molecule has 1 heterocycles. The Morgan fingerprint density at radius 2 is 1.86 bits per heavy atom. The lowest BCUT2D eigenvalue weighted by atomic mass is 10.1. The fraction of sp³-hybridized carbons (Fsp3) is 0.174. The summed E-state index contributed by atoms with van der Waals surface area (Å²) in [5.41, 5.74) is 0.515. The monoisotopic (exact) mass is 512 g/mol. The summed E-state index contributed by atoms with van der Waals surface area (Å²) in [6.07, 6.45) is 1.30. The van der Waals surface area contributed by atoms with Crippen molar-refractivity contribution in [1.82, 2.24) is 9.36 Å². The highest BCUT2D eigenvalue weighted by Crippen LogP contribution is 2.30. The maximum absolute atomic E-state index is 12.6. The Balaban J connectivity index is 1.78. The lowest BCUT2D eigenvalue weighted by molar-refractivity contribution is -0.112. The number of nitrogens with zero attached hydrogens (tertiary/aromatic N) is 3. The Hall–Kier alpha value is -4.08. The predicted octanol–water partition coefficient (Wildman–Crippen LogP) is 3.49. The summed E-state index contributed by atoms with van der Waals surface area (Å²) >= 11 is 0.691. The van der Waals surface area contributed by atoms with E-state index in [9.17, 15) is 23.3 Å². The molecule has 1 aromatic heterocycles. The molecule has 10 nitrogen and oxygen atoms in total. The van der Waals surface area contributed by atoms with E-state index in [1.807, 2.05) is 0 Å². The molecule has 1 N–H and O–H groups in total. The predicted molar refractivity (Wildman–Crippen MR) is 129 cm³/mol. The molecule has 0 atom stereocenters. The van der Waals surface area contributed by atoms with Crippen molar-refractivity contribution in [2.24, 2.45) is 0 Å². The number of rotatable bonds is 8. The maximum atomic E-state index is 12.6. The van der Waals surface area contributed by atoms with Gasteiger partial charge in [0.05, 0.1) is 17.9 Å². The number of sulfone groups is 1.